The van der Waals surface area contributed by atoms with E-state index in [4.69, 9.17) is 0 Å². The van der Waals surface area contributed by atoms with Gasteiger partial charge in [-0.15, -0.1) is 0 Å². The molecule has 0 fully saturated rings. The molecule has 0 heterocycles. The molecule has 1 unspecified atom stereocenters. The van der Waals surface area contributed by atoms with E-state index in [0.717, 1.165) is 25.1 Å². The maximum Gasteiger partial charge on any atom is 0.128 e. The molecule has 0 aliphatic heterocycles. The Morgan fingerprint density at radius 2 is 1.94 bits per heavy atom. The van der Waals surface area contributed by atoms with Gasteiger partial charge in [0.2, 0.25) is 0 Å². The van der Waals surface area contributed by atoms with Gasteiger partial charge < -0.3 is 5.32 Å². The molecule has 1 rings (SSSR count). The fourth-order valence-corrected chi connectivity index (χ4v) is 2.29. The van der Waals surface area contributed by atoms with E-state index < -0.39 is 0 Å². The summed E-state index contributed by atoms with van der Waals surface area (Å²) in [5.41, 5.74) is 0.756. The van der Waals surface area contributed by atoms with Crippen LogP contribution in [0.1, 0.15) is 36.9 Å². The fraction of sp³-hybridized carbons (Fsp3) is 0.571. The van der Waals surface area contributed by atoms with Crippen LogP contribution in [0.4, 0.5) is 8.78 Å². The molecule has 0 aliphatic rings. The molecule has 102 valence electrons. The Hall–Kier alpha value is -0.610. The smallest absolute Gasteiger partial charge is 0.128 e. The number of benzene rings is 1. The molecule has 0 amide bonds. The number of thioether (sulfide) groups is 1. The predicted molar refractivity (Wildman–Crippen MR) is 75.1 cm³/mol. The Morgan fingerprint density at radius 3 is 2.61 bits per heavy atom. The Labute approximate surface area is 112 Å². The van der Waals surface area contributed by atoms with E-state index in [0.29, 0.717) is 11.1 Å². The van der Waals surface area contributed by atoms with Crippen LogP contribution >= 0.6 is 11.8 Å². The first-order chi connectivity index (χ1) is 8.56. The van der Waals surface area contributed by atoms with Crippen LogP contribution in [0, 0.1) is 18.6 Å². The van der Waals surface area contributed by atoms with Crippen molar-refractivity contribution in [3.8, 4) is 0 Å². The molecule has 0 saturated heterocycles. The summed E-state index contributed by atoms with van der Waals surface area (Å²) in [6, 6.07) is 2.40. The normalized spacial score (nSPS) is 12.7. The van der Waals surface area contributed by atoms with Crippen molar-refractivity contribution < 1.29 is 8.78 Å². The third kappa shape index (κ3) is 4.58. The van der Waals surface area contributed by atoms with E-state index in [2.05, 4.69) is 11.6 Å². The zero-order chi connectivity index (χ0) is 13.5. The van der Waals surface area contributed by atoms with Crippen LogP contribution in [0.25, 0.3) is 0 Å². The summed E-state index contributed by atoms with van der Waals surface area (Å²) in [4.78, 5) is 0. The second-order valence-corrected chi connectivity index (χ2v) is 5.48. The van der Waals surface area contributed by atoms with Crippen LogP contribution in [0.3, 0.4) is 0 Å². The van der Waals surface area contributed by atoms with E-state index in [1.54, 1.807) is 6.92 Å². The molecule has 0 saturated carbocycles. The van der Waals surface area contributed by atoms with Gasteiger partial charge in [-0.2, -0.15) is 11.8 Å². The van der Waals surface area contributed by atoms with E-state index in [-0.39, 0.29) is 17.7 Å². The zero-order valence-electron chi connectivity index (χ0n) is 11.2. The molecule has 4 heteroatoms. The monoisotopic (exact) mass is 273 g/mol. The van der Waals surface area contributed by atoms with Crippen molar-refractivity contribution in [1.29, 1.82) is 0 Å². The summed E-state index contributed by atoms with van der Waals surface area (Å²) in [6.07, 6.45) is 4.28. The average molecular weight is 273 g/mol. The van der Waals surface area contributed by atoms with Crippen molar-refractivity contribution in [3.05, 3.63) is 34.9 Å². The van der Waals surface area contributed by atoms with Crippen molar-refractivity contribution >= 4 is 11.8 Å². The van der Waals surface area contributed by atoms with Gasteiger partial charge in [0.1, 0.15) is 11.6 Å². The maximum atomic E-state index is 13.7. The highest BCUT2D eigenvalue weighted by molar-refractivity contribution is 7.98. The van der Waals surface area contributed by atoms with Crippen molar-refractivity contribution in [3.63, 3.8) is 0 Å². The number of aryl methyl sites for hydroxylation is 1. The topological polar surface area (TPSA) is 12.0 Å². The molecule has 0 spiro atoms. The molecule has 0 aliphatic carbocycles. The highest BCUT2D eigenvalue weighted by Gasteiger charge is 2.13. The van der Waals surface area contributed by atoms with Crippen LogP contribution in [-0.2, 0) is 0 Å². The van der Waals surface area contributed by atoms with Gasteiger partial charge in [-0.3, -0.25) is 0 Å². The Kier molecular flexibility index (Phi) is 6.65. The third-order valence-electron chi connectivity index (χ3n) is 2.97. The number of rotatable bonds is 7. The molecule has 1 nitrogen and oxygen atoms in total. The summed E-state index contributed by atoms with van der Waals surface area (Å²) in [6.45, 7) is 4.27. The van der Waals surface area contributed by atoms with Gasteiger partial charge in [-0.1, -0.05) is 0 Å². The molecule has 1 aromatic carbocycles. The standard InChI is InChI=1S/C14H21F2NS/c1-10-8-14(16)12(9-13(10)15)11(2)17-6-4-5-7-18-3/h8-9,11,17H,4-7H2,1-3H3. The van der Waals surface area contributed by atoms with Gasteiger partial charge in [-0.25, -0.2) is 8.78 Å². The third-order valence-corrected chi connectivity index (χ3v) is 3.67. The number of nitrogens with one attached hydrogen (secondary N) is 1. The molecule has 0 bridgehead atoms. The van der Waals surface area contributed by atoms with E-state index in [1.807, 2.05) is 18.7 Å². The lowest BCUT2D eigenvalue weighted by Gasteiger charge is -2.15. The number of hydrogen-bond donors (Lipinski definition) is 1. The minimum absolute atomic E-state index is 0.158. The molecule has 18 heavy (non-hydrogen) atoms. The first-order valence-electron chi connectivity index (χ1n) is 6.24. The van der Waals surface area contributed by atoms with Crippen molar-refractivity contribution in [2.75, 3.05) is 18.6 Å². The molecule has 1 atom stereocenters. The molecule has 1 N–H and O–H groups in total. The zero-order valence-corrected chi connectivity index (χ0v) is 12.0. The number of halogens is 2. The van der Waals surface area contributed by atoms with Crippen LogP contribution in [-0.4, -0.2) is 18.6 Å². The van der Waals surface area contributed by atoms with Crippen LogP contribution in [0.5, 0.6) is 0 Å². The highest BCUT2D eigenvalue weighted by atomic mass is 32.2. The minimum atomic E-state index is -0.345. The lowest BCUT2D eigenvalue weighted by molar-refractivity contribution is 0.510. The average Bonchev–Trinajstić information content (AvgIpc) is 2.33. The summed E-state index contributed by atoms with van der Waals surface area (Å²) in [7, 11) is 0. The van der Waals surface area contributed by atoms with Gasteiger partial charge in [0.25, 0.3) is 0 Å². The Balaban J connectivity index is 2.51. The van der Waals surface area contributed by atoms with Crippen LogP contribution in [0.2, 0.25) is 0 Å². The fourth-order valence-electron chi connectivity index (χ4n) is 1.79. The Bertz CT molecular complexity index is 382. The van der Waals surface area contributed by atoms with Crippen molar-refractivity contribution in [2.45, 2.75) is 32.7 Å². The second-order valence-electron chi connectivity index (χ2n) is 4.50. The molecular formula is C14H21F2NS. The van der Waals surface area contributed by atoms with Gasteiger partial charge >= 0.3 is 0 Å². The first-order valence-corrected chi connectivity index (χ1v) is 7.63. The lowest BCUT2D eigenvalue weighted by atomic mass is 10.0. The largest absolute Gasteiger partial charge is 0.310 e. The summed E-state index contributed by atoms with van der Waals surface area (Å²) in [5.74, 6) is 0.462. The first kappa shape index (κ1) is 15.4. The minimum Gasteiger partial charge on any atom is -0.310 e. The molecular weight excluding hydrogens is 252 g/mol. The second kappa shape index (κ2) is 7.74. The van der Waals surface area contributed by atoms with Gasteiger partial charge in [-0.05, 0) is 62.9 Å². The summed E-state index contributed by atoms with van der Waals surface area (Å²) in [5, 5.41) is 3.23. The Morgan fingerprint density at radius 1 is 1.22 bits per heavy atom. The van der Waals surface area contributed by atoms with E-state index in [1.165, 1.54) is 12.1 Å². The van der Waals surface area contributed by atoms with Gasteiger partial charge in [0.05, 0.1) is 0 Å². The number of unbranched alkanes of at least 4 members (excludes halogenated alkanes) is 1. The summed E-state index contributed by atoms with van der Waals surface area (Å²) >= 11 is 1.83. The maximum absolute atomic E-state index is 13.7. The molecule has 0 aromatic heterocycles. The predicted octanol–water partition coefficient (Wildman–Crippen LogP) is 4.07. The lowest BCUT2D eigenvalue weighted by Crippen LogP contribution is -2.21. The van der Waals surface area contributed by atoms with E-state index >= 15 is 0 Å². The summed E-state index contributed by atoms with van der Waals surface area (Å²) < 4.78 is 27.1. The molecule has 0 radical (unpaired) electrons. The quantitative estimate of drug-likeness (QED) is 0.752. The van der Waals surface area contributed by atoms with Gasteiger partial charge in [0.15, 0.2) is 0 Å². The molecule has 1 aromatic rings. The van der Waals surface area contributed by atoms with Crippen molar-refractivity contribution in [1.82, 2.24) is 5.32 Å². The SMILES string of the molecule is CSCCCCNC(C)c1cc(F)c(C)cc1F. The van der Waals surface area contributed by atoms with Crippen LogP contribution < -0.4 is 5.32 Å². The highest BCUT2D eigenvalue weighted by Crippen LogP contribution is 2.20. The van der Waals surface area contributed by atoms with Crippen molar-refractivity contribution in [2.24, 2.45) is 0 Å². The number of hydrogen-bond acceptors (Lipinski definition) is 2. The van der Waals surface area contributed by atoms with E-state index in [9.17, 15) is 8.78 Å². The van der Waals surface area contributed by atoms with Crippen LogP contribution in [0.15, 0.2) is 12.1 Å². The van der Waals surface area contributed by atoms with Gasteiger partial charge in [0, 0.05) is 11.6 Å².